The molecule has 1 atom stereocenters. The Kier molecular flexibility index (Phi) is 4.71. The van der Waals surface area contributed by atoms with E-state index < -0.39 is 5.54 Å². The molecule has 2 fully saturated rings. The topological polar surface area (TPSA) is 49.4 Å². The first-order valence-electron chi connectivity index (χ1n) is 8.21. The second-order valence-corrected chi connectivity index (χ2v) is 6.30. The molecule has 0 aromatic rings. The van der Waals surface area contributed by atoms with Crippen LogP contribution in [0.2, 0.25) is 0 Å². The largest absolute Gasteiger partial charge is 0.342 e. The zero-order valence-electron chi connectivity index (χ0n) is 13.1. The van der Waals surface area contributed by atoms with Crippen molar-refractivity contribution in [2.24, 2.45) is 5.92 Å². The summed E-state index contributed by atoms with van der Waals surface area (Å²) in [5.41, 5.74) is -0.614. The predicted octanol–water partition coefficient (Wildman–Crippen LogP) is 2.47. The molecular weight excluding hydrogens is 252 g/mol. The number of hydrogen-bond donors (Lipinski definition) is 1. The van der Waals surface area contributed by atoms with Gasteiger partial charge in [0.25, 0.3) is 0 Å². The Balaban J connectivity index is 2.24. The minimum atomic E-state index is -0.614. The van der Waals surface area contributed by atoms with Crippen molar-refractivity contribution in [1.29, 1.82) is 0 Å². The zero-order valence-corrected chi connectivity index (χ0v) is 13.1. The van der Waals surface area contributed by atoms with Gasteiger partial charge < -0.3 is 10.2 Å². The third kappa shape index (κ3) is 2.45. The van der Waals surface area contributed by atoms with E-state index in [0.29, 0.717) is 18.8 Å². The van der Waals surface area contributed by atoms with Gasteiger partial charge in [-0.15, -0.1) is 0 Å². The number of piperazine rings is 1. The third-order valence-electron chi connectivity index (χ3n) is 5.22. The first-order valence-corrected chi connectivity index (χ1v) is 8.21. The fraction of sp³-hybridized carbons (Fsp3) is 0.875. The fourth-order valence-corrected chi connectivity index (χ4v) is 3.51. The maximum absolute atomic E-state index is 12.8. The van der Waals surface area contributed by atoms with Crippen LogP contribution in [0, 0.1) is 5.92 Å². The second-order valence-electron chi connectivity index (χ2n) is 6.30. The molecule has 1 saturated carbocycles. The summed E-state index contributed by atoms with van der Waals surface area (Å²) < 4.78 is 0. The van der Waals surface area contributed by atoms with Crippen molar-refractivity contribution in [3.63, 3.8) is 0 Å². The van der Waals surface area contributed by atoms with E-state index in [-0.39, 0.29) is 17.9 Å². The van der Waals surface area contributed by atoms with Gasteiger partial charge in [-0.2, -0.15) is 0 Å². The number of carbonyl (C=O) groups is 2. The highest BCUT2D eigenvalue weighted by Crippen LogP contribution is 2.35. The van der Waals surface area contributed by atoms with Crippen LogP contribution in [0.4, 0.5) is 0 Å². The van der Waals surface area contributed by atoms with Crippen LogP contribution >= 0.6 is 0 Å². The normalized spacial score (nSPS) is 26.4. The monoisotopic (exact) mass is 280 g/mol. The van der Waals surface area contributed by atoms with Crippen molar-refractivity contribution >= 4 is 11.8 Å². The van der Waals surface area contributed by atoms with E-state index in [1.807, 2.05) is 18.7 Å². The van der Waals surface area contributed by atoms with Crippen molar-refractivity contribution in [2.45, 2.75) is 77.3 Å². The second kappa shape index (κ2) is 6.15. The SMILES string of the molecule is CCCC1NC(=O)C(CC)(CC)N(CC2CCC2)C1=O. The van der Waals surface area contributed by atoms with Gasteiger partial charge in [0.15, 0.2) is 0 Å². The number of amides is 2. The first-order chi connectivity index (χ1) is 9.58. The highest BCUT2D eigenvalue weighted by molar-refractivity contribution is 5.99. The summed E-state index contributed by atoms with van der Waals surface area (Å²) in [5.74, 6) is 0.798. The lowest BCUT2D eigenvalue weighted by Crippen LogP contribution is -2.71. The van der Waals surface area contributed by atoms with E-state index in [4.69, 9.17) is 0 Å². The molecule has 2 rings (SSSR count). The lowest BCUT2D eigenvalue weighted by atomic mass is 9.80. The molecule has 0 spiro atoms. The van der Waals surface area contributed by atoms with Gasteiger partial charge in [0.2, 0.25) is 11.8 Å². The minimum absolute atomic E-state index is 0.0554. The molecular formula is C16H28N2O2. The van der Waals surface area contributed by atoms with Crippen LogP contribution in [0.15, 0.2) is 0 Å². The molecule has 0 aromatic heterocycles. The minimum Gasteiger partial charge on any atom is -0.342 e. The molecule has 1 heterocycles. The highest BCUT2D eigenvalue weighted by atomic mass is 16.2. The average molecular weight is 280 g/mol. The Morgan fingerprint density at radius 1 is 1.20 bits per heavy atom. The van der Waals surface area contributed by atoms with Crippen LogP contribution in [-0.4, -0.2) is 34.8 Å². The molecule has 0 bridgehead atoms. The molecule has 4 heteroatoms. The molecule has 1 aliphatic heterocycles. The molecule has 2 amide bonds. The summed E-state index contributed by atoms with van der Waals surface area (Å²) in [6, 6.07) is -0.307. The summed E-state index contributed by atoms with van der Waals surface area (Å²) in [4.78, 5) is 27.3. The van der Waals surface area contributed by atoms with Crippen molar-refractivity contribution < 1.29 is 9.59 Å². The summed E-state index contributed by atoms with van der Waals surface area (Å²) in [7, 11) is 0. The van der Waals surface area contributed by atoms with Gasteiger partial charge in [-0.1, -0.05) is 33.6 Å². The first kappa shape index (κ1) is 15.3. The molecule has 2 aliphatic rings. The molecule has 20 heavy (non-hydrogen) atoms. The van der Waals surface area contributed by atoms with Gasteiger partial charge >= 0.3 is 0 Å². The summed E-state index contributed by atoms with van der Waals surface area (Å²) >= 11 is 0. The lowest BCUT2D eigenvalue weighted by Gasteiger charge is -2.49. The quantitative estimate of drug-likeness (QED) is 0.812. The van der Waals surface area contributed by atoms with Crippen molar-refractivity contribution in [3.05, 3.63) is 0 Å². The number of rotatable bonds is 6. The maximum atomic E-state index is 12.8. The Bertz CT molecular complexity index is 373. The van der Waals surface area contributed by atoms with Gasteiger partial charge in [-0.25, -0.2) is 0 Å². The number of nitrogens with zero attached hydrogens (tertiary/aromatic N) is 1. The molecule has 1 aliphatic carbocycles. The Hall–Kier alpha value is -1.06. The van der Waals surface area contributed by atoms with Gasteiger partial charge in [0.05, 0.1) is 0 Å². The van der Waals surface area contributed by atoms with Crippen LogP contribution in [-0.2, 0) is 9.59 Å². The maximum Gasteiger partial charge on any atom is 0.246 e. The summed E-state index contributed by atoms with van der Waals surface area (Å²) in [6.07, 6.45) is 6.73. The molecule has 1 saturated heterocycles. The third-order valence-corrected chi connectivity index (χ3v) is 5.22. The van der Waals surface area contributed by atoms with E-state index in [2.05, 4.69) is 12.2 Å². The van der Waals surface area contributed by atoms with Crippen molar-refractivity contribution in [1.82, 2.24) is 10.2 Å². The average Bonchev–Trinajstić information content (AvgIpc) is 2.39. The van der Waals surface area contributed by atoms with E-state index >= 15 is 0 Å². The number of carbonyl (C=O) groups excluding carboxylic acids is 2. The number of hydrogen-bond acceptors (Lipinski definition) is 2. The zero-order chi connectivity index (χ0) is 14.8. The van der Waals surface area contributed by atoms with Crippen LogP contribution in [0.1, 0.15) is 65.7 Å². The van der Waals surface area contributed by atoms with Crippen LogP contribution in [0.5, 0.6) is 0 Å². The fourth-order valence-electron chi connectivity index (χ4n) is 3.51. The molecule has 0 aromatic carbocycles. The smallest absolute Gasteiger partial charge is 0.246 e. The summed E-state index contributed by atoms with van der Waals surface area (Å²) in [5, 5.41) is 2.97. The molecule has 1 unspecified atom stereocenters. The standard InChI is InChI=1S/C16H28N2O2/c1-4-8-13-14(19)18(11-12-9-7-10-12)16(5-2,6-3)15(20)17-13/h12-13H,4-11H2,1-3H3,(H,17,20). The lowest BCUT2D eigenvalue weighted by molar-refractivity contribution is -0.160. The highest BCUT2D eigenvalue weighted by Gasteiger charge is 2.50. The van der Waals surface area contributed by atoms with E-state index in [1.54, 1.807) is 0 Å². The van der Waals surface area contributed by atoms with Gasteiger partial charge in [-0.3, -0.25) is 9.59 Å². The van der Waals surface area contributed by atoms with Crippen LogP contribution < -0.4 is 5.32 Å². The molecule has 0 radical (unpaired) electrons. The summed E-state index contributed by atoms with van der Waals surface area (Å²) in [6.45, 7) is 6.86. The molecule has 114 valence electrons. The van der Waals surface area contributed by atoms with Gasteiger partial charge in [0.1, 0.15) is 11.6 Å². The van der Waals surface area contributed by atoms with Gasteiger partial charge in [0, 0.05) is 6.54 Å². The molecule has 4 nitrogen and oxygen atoms in total. The Labute approximate surface area is 122 Å². The van der Waals surface area contributed by atoms with E-state index in [1.165, 1.54) is 19.3 Å². The Morgan fingerprint density at radius 2 is 1.85 bits per heavy atom. The van der Waals surface area contributed by atoms with Crippen molar-refractivity contribution in [3.8, 4) is 0 Å². The van der Waals surface area contributed by atoms with Crippen LogP contribution in [0.3, 0.4) is 0 Å². The molecule has 1 N–H and O–H groups in total. The van der Waals surface area contributed by atoms with Crippen molar-refractivity contribution in [2.75, 3.05) is 6.54 Å². The Morgan fingerprint density at radius 3 is 2.30 bits per heavy atom. The predicted molar refractivity (Wildman–Crippen MR) is 79.2 cm³/mol. The van der Waals surface area contributed by atoms with E-state index in [9.17, 15) is 9.59 Å². The van der Waals surface area contributed by atoms with Gasteiger partial charge in [-0.05, 0) is 38.0 Å². The van der Waals surface area contributed by atoms with Crippen LogP contribution in [0.25, 0.3) is 0 Å². The number of nitrogens with one attached hydrogen (secondary N) is 1. The van der Waals surface area contributed by atoms with E-state index in [0.717, 1.165) is 19.4 Å².